The summed E-state index contributed by atoms with van der Waals surface area (Å²) >= 11 is 0. The van der Waals surface area contributed by atoms with Crippen LogP contribution < -0.4 is 20.5 Å². The number of hydrogen-bond donors (Lipinski definition) is 3. The van der Waals surface area contributed by atoms with Gasteiger partial charge < -0.3 is 30.5 Å². The molecule has 1 atom stereocenters. The Labute approximate surface area is 189 Å². The van der Waals surface area contributed by atoms with E-state index in [0.29, 0.717) is 41.5 Å². The van der Waals surface area contributed by atoms with E-state index in [9.17, 15) is 4.79 Å². The Morgan fingerprint density at radius 2 is 1.59 bits per heavy atom. The number of oxime groups is 1. The van der Waals surface area contributed by atoms with Crippen LogP contribution in [0.1, 0.15) is 56.7 Å². The minimum absolute atomic E-state index is 0.00636. The van der Waals surface area contributed by atoms with Gasteiger partial charge in [-0.15, -0.1) is 0 Å². The molecule has 0 heterocycles. The molecule has 8 nitrogen and oxygen atoms in total. The monoisotopic (exact) mass is 443 g/mol. The van der Waals surface area contributed by atoms with Crippen molar-refractivity contribution < 1.29 is 24.2 Å². The fraction of sp³-hybridized carbons (Fsp3) is 0.417. The maximum Gasteiger partial charge on any atom is 0.332 e. The van der Waals surface area contributed by atoms with Crippen molar-refractivity contribution in [3.05, 3.63) is 53.6 Å². The van der Waals surface area contributed by atoms with Crippen molar-refractivity contribution in [1.82, 2.24) is 0 Å². The number of methoxy groups -OCH3 is 1. The van der Waals surface area contributed by atoms with Crippen LogP contribution in [0.25, 0.3) is 0 Å². The Morgan fingerprint density at radius 3 is 2.06 bits per heavy atom. The Morgan fingerprint density at radius 1 is 1.03 bits per heavy atom. The number of rotatable bonds is 13. The van der Waals surface area contributed by atoms with Crippen LogP contribution in [0.4, 0.5) is 5.69 Å². The van der Waals surface area contributed by atoms with Crippen molar-refractivity contribution in [3.8, 4) is 11.5 Å². The van der Waals surface area contributed by atoms with Gasteiger partial charge in [-0.05, 0) is 54.8 Å². The third-order valence-electron chi connectivity index (χ3n) is 4.81. The molecule has 1 unspecified atom stereocenters. The standard InChI is InChI=1S/C24H33N3O5/c1-4-6-12-31-20-14-18(15-21(16-20)32-13-7-5-2)22(24(28)30-3)26-19-10-8-17(9-11-19)23(25)27-29/h8-11,14-16,22,26,29H,4-7,12-13H2,1-3H3,(H2,25,27). The number of nitrogens with two attached hydrogens (primary N) is 1. The van der Waals surface area contributed by atoms with Gasteiger partial charge in [0.05, 0.1) is 20.3 Å². The van der Waals surface area contributed by atoms with Gasteiger partial charge in [0.25, 0.3) is 0 Å². The van der Waals surface area contributed by atoms with Crippen LogP contribution in [0.5, 0.6) is 11.5 Å². The quantitative estimate of drug-likeness (QED) is 0.104. The van der Waals surface area contributed by atoms with Gasteiger partial charge in [0.2, 0.25) is 0 Å². The van der Waals surface area contributed by atoms with Crippen molar-refractivity contribution in [1.29, 1.82) is 0 Å². The molecule has 0 radical (unpaired) electrons. The number of nitrogens with one attached hydrogen (secondary N) is 1. The second-order valence-corrected chi connectivity index (χ2v) is 7.30. The zero-order chi connectivity index (χ0) is 23.3. The van der Waals surface area contributed by atoms with E-state index >= 15 is 0 Å². The van der Waals surface area contributed by atoms with Crippen molar-refractivity contribution >= 4 is 17.5 Å². The van der Waals surface area contributed by atoms with Gasteiger partial charge in [-0.25, -0.2) is 4.79 Å². The van der Waals surface area contributed by atoms with Gasteiger partial charge in [-0.3, -0.25) is 0 Å². The third-order valence-corrected chi connectivity index (χ3v) is 4.81. The highest BCUT2D eigenvalue weighted by Gasteiger charge is 2.23. The lowest BCUT2D eigenvalue weighted by atomic mass is 10.0. The molecule has 0 fully saturated rings. The Hall–Kier alpha value is -3.42. The van der Waals surface area contributed by atoms with E-state index in [4.69, 9.17) is 25.2 Å². The van der Waals surface area contributed by atoms with Gasteiger partial charge >= 0.3 is 5.97 Å². The zero-order valence-corrected chi connectivity index (χ0v) is 19.0. The number of esters is 1. The molecule has 0 saturated heterocycles. The predicted octanol–water partition coefficient (Wildman–Crippen LogP) is 4.47. The molecule has 0 aliphatic carbocycles. The van der Waals surface area contributed by atoms with Crippen molar-refractivity contribution in [2.75, 3.05) is 25.6 Å². The third kappa shape index (κ3) is 7.37. The molecule has 0 aliphatic rings. The Bertz CT molecular complexity index is 855. The first-order valence-corrected chi connectivity index (χ1v) is 10.8. The molecular weight excluding hydrogens is 410 g/mol. The van der Waals surface area contributed by atoms with Crippen LogP contribution in [0.3, 0.4) is 0 Å². The second-order valence-electron chi connectivity index (χ2n) is 7.30. The normalized spacial score (nSPS) is 12.2. The fourth-order valence-electron chi connectivity index (χ4n) is 2.95. The highest BCUT2D eigenvalue weighted by Crippen LogP contribution is 2.30. The lowest BCUT2D eigenvalue weighted by Gasteiger charge is -2.20. The summed E-state index contributed by atoms with van der Waals surface area (Å²) in [6.45, 7) is 5.36. The molecule has 174 valence electrons. The molecule has 2 aromatic rings. The average Bonchev–Trinajstić information content (AvgIpc) is 2.82. The molecule has 0 bridgehead atoms. The van der Waals surface area contributed by atoms with Crippen LogP contribution >= 0.6 is 0 Å². The number of carbonyl (C=O) groups excluding carboxylic acids is 1. The van der Waals surface area contributed by atoms with E-state index in [1.807, 2.05) is 18.2 Å². The lowest BCUT2D eigenvalue weighted by molar-refractivity contribution is -0.141. The minimum Gasteiger partial charge on any atom is -0.493 e. The smallest absolute Gasteiger partial charge is 0.332 e. The summed E-state index contributed by atoms with van der Waals surface area (Å²) in [7, 11) is 1.35. The van der Waals surface area contributed by atoms with Gasteiger partial charge in [-0.1, -0.05) is 31.8 Å². The average molecular weight is 444 g/mol. The highest BCUT2D eigenvalue weighted by atomic mass is 16.5. The molecular formula is C24H33N3O5. The molecule has 2 aromatic carbocycles. The van der Waals surface area contributed by atoms with Gasteiger partial charge in [0.1, 0.15) is 11.5 Å². The molecule has 4 N–H and O–H groups in total. The summed E-state index contributed by atoms with van der Waals surface area (Å²) in [5.74, 6) is 0.837. The van der Waals surface area contributed by atoms with Gasteiger partial charge in [-0.2, -0.15) is 0 Å². The van der Waals surface area contributed by atoms with E-state index in [2.05, 4.69) is 24.3 Å². The maximum atomic E-state index is 12.6. The second kappa shape index (κ2) is 13.1. The van der Waals surface area contributed by atoms with Crippen molar-refractivity contribution in [2.45, 2.75) is 45.6 Å². The first-order chi connectivity index (χ1) is 15.5. The first-order valence-electron chi connectivity index (χ1n) is 10.8. The molecule has 0 aromatic heterocycles. The number of unbranched alkanes of at least 4 members (excludes halogenated alkanes) is 2. The number of carbonyl (C=O) groups is 1. The van der Waals surface area contributed by atoms with Crippen LogP contribution in [0, 0.1) is 0 Å². The SMILES string of the molecule is CCCCOc1cc(OCCCC)cc(C(Nc2ccc(/C(N)=N/O)cc2)C(=O)OC)c1. The Balaban J connectivity index is 2.33. The highest BCUT2D eigenvalue weighted by molar-refractivity contribution is 5.97. The molecule has 2 rings (SSSR count). The minimum atomic E-state index is -0.780. The molecule has 0 amide bonds. The summed E-state index contributed by atoms with van der Waals surface area (Å²) < 4.78 is 16.8. The summed E-state index contributed by atoms with van der Waals surface area (Å²) in [4.78, 5) is 12.6. The van der Waals surface area contributed by atoms with Crippen molar-refractivity contribution in [2.24, 2.45) is 10.9 Å². The first kappa shape index (κ1) is 24.8. The Kier molecular flexibility index (Phi) is 10.2. The van der Waals surface area contributed by atoms with Crippen LogP contribution in [-0.4, -0.2) is 37.3 Å². The van der Waals surface area contributed by atoms with Crippen LogP contribution in [-0.2, 0) is 9.53 Å². The fourth-order valence-corrected chi connectivity index (χ4v) is 2.95. The number of benzene rings is 2. The molecule has 0 spiro atoms. The van der Waals surface area contributed by atoms with E-state index in [1.165, 1.54) is 7.11 Å². The summed E-state index contributed by atoms with van der Waals surface area (Å²) in [6, 6.07) is 11.6. The number of ether oxygens (including phenoxy) is 3. The lowest BCUT2D eigenvalue weighted by Crippen LogP contribution is -2.22. The maximum absolute atomic E-state index is 12.6. The van der Waals surface area contributed by atoms with E-state index in [1.54, 1.807) is 24.3 Å². The zero-order valence-electron chi connectivity index (χ0n) is 19.0. The number of nitrogens with zero attached hydrogens (tertiary/aromatic N) is 1. The molecule has 8 heteroatoms. The van der Waals surface area contributed by atoms with E-state index in [0.717, 1.165) is 25.7 Å². The number of amidine groups is 1. The predicted molar refractivity (Wildman–Crippen MR) is 125 cm³/mol. The topological polar surface area (TPSA) is 115 Å². The van der Waals surface area contributed by atoms with Crippen LogP contribution in [0.15, 0.2) is 47.6 Å². The number of hydrogen-bond acceptors (Lipinski definition) is 7. The number of anilines is 1. The van der Waals surface area contributed by atoms with Gasteiger partial charge in [0.15, 0.2) is 11.9 Å². The van der Waals surface area contributed by atoms with E-state index < -0.39 is 12.0 Å². The molecule has 0 aliphatic heterocycles. The summed E-state index contributed by atoms with van der Waals surface area (Å²) in [6.07, 6.45) is 3.91. The summed E-state index contributed by atoms with van der Waals surface area (Å²) in [5.41, 5.74) is 7.51. The molecule has 32 heavy (non-hydrogen) atoms. The van der Waals surface area contributed by atoms with Crippen molar-refractivity contribution in [3.63, 3.8) is 0 Å². The largest absolute Gasteiger partial charge is 0.493 e. The van der Waals surface area contributed by atoms with Gasteiger partial charge in [0, 0.05) is 17.3 Å². The van der Waals surface area contributed by atoms with E-state index in [-0.39, 0.29) is 5.84 Å². The summed E-state index contributed by atoms with van der Waals surface area (Å²) in [5, 5.41) is 15.0. The molecule has 0 saturated carbocycles. The van der Waals surface area contributed by atoms with Crippen LogP contribution in [0.2, 0.25) is 0 Å².